The Kier molecular flexibility index (Phi) is 3.57. The zero-order chi connectivity index (χ0) is 9.68. The standard InChI is InChI=1S/C8H12N4S/c1-2-4-10-8-6(7(9)13)3-5-11-12-8/h3,5H,2,4H2,1H3,(H2,9,13)(H,10,12). The van der Waals surface area contributed by atoms with Crippen LogP contribution in [-0.4, -0.2) is 21.7 Å². The molecule has 0 fully saturated rings. The fourth-order valence-corrected chi connectivity index (χ4v) is 1.07. The van der Waals surface area contributed by atoms with E-state index < -0.39 is 0 Å². The molecular weight excluding hydrogens is 184 g/mol. The van der Waals surface area contributed by atoms with Crippen molar-refractivity contribution in [2.45, 2.75) is 13.3 Å². The zero-order valence-electron chi connectivity index (χ0n) is 7.45. The fraction of sp³-hybridized carbons (Fsp3) is 0.375. The van der Waals surface area contributed by atoms with Crippen LogP contribution in [0, 0.1) is 0 Å². The Morgan fingerprint density at radius 2 is 2.46 bits per heavy atom. The van der Waals surface area contributed by atoms with Crippen molar-refractivity contribution in [1.29, 1.82) is 0 Å². The van der Waals surface area contributed by atoms with E-state index in [4.69, 9.17) is 18.0 Å². The topological polar surface area (TPSA) is 63.8 Å². The first-order valence-corrected chi connectivity index (χ1v) is 4.52. The summed E-state index contributed by atoms with van der Waals surface area (Å²) in [5.41, 5.74) is 6.26. The highest BCUT2D eigenvalue weighted by atomic mass is 32.1. The second kappa shape index (κ2) is 4.71. The smallest absolute Gasteiger partial charge is 0.158 e. The normalized spacial score (nSPS) is 9.62. The number of aromatic nitrogens is 2. The van der Waals surface area contributed by atoms with E-state index in [1.54, 1.807) is 12.3 Å². The fourth-order valence-electron chi connectivity index (χ4n) is 0.905. The lowest BCUT2D eigenvalue weighted by Crippen LogP contribution is -2.15. The summed E-state index contributed by atoms with van der Waals surface area (Å²) in [6.07, 6.45) is 2.60. The van der Waals surface area contributed by atoms with Crippen LogP contribution in [0.5, 0.6) is 0 Å². The first-order chi connectivity index (χ1) is 6.25. The van der Waals surface area contributed by atoms with E-state index in [2.05, 4.69) is 22.4 Å². The summed E-state index contributed by atoms with van der Waals surface area (Å²) in [6.45, 7) is 2.91. The van der Waals surface area contributed by atoms with Gasteiger partial charge in [0.15, 0.2) is 5.82 Å². The molecule has 3 N–H and O–H groups in total. The molecule has 70 valence electrons. The molecule has 13 heavy (non-hydrogen) atoms. The number of nitrogens with two attached hydrogens (primary N) is 1. The largest absolute Gasteiger partial charge is 0.389 e. The van der Waals surface area contributed by atoms with E-state index in [-0.39, 0.29) is 0 Å². The molecule has 1 heterocycles. The number of nitrogens with zero attached hydrogens (tertiary/aromatic N) is 2. The summed E-state index contributed by atoms with van der Waals surface area (Å²) in [4.78, 5) is 0.341. The number of thiocarbonyl (C=S) groups is 1. The molecule has 0 saturated carbocycles. The van der Waals surface area contributed by atoms with Gasteiger partial charge in [-0.3, -0.25) is 0 Å². The molecule has 1 rings (SSSR count). The lowest BCUT2D eigenvalue weighted by molar-refractivity contribution is 0.942. The van der Waals surface area contributed by atoms with Gasteiger partial charge in [0.25, 0.3) is 0 Å². The molecular formula is C8H12N4S. The molecule has 0 aliphatic rings. The number of nitrogens with one attached hydrogen (secondary N) is 1. The quantitative estimate of drug-likeness (QED) is 0.701. The number of rotatable bonds is 4. The van der Waals surface area contributed by atoms with Crippen molar-refractivity contribution in [3.05, 3.63) is 17.8 Å². The molecule has 4 nitrogen and oxygen atoms in total. The highest BCUT2D eigenvalue weighted by Gasteiger charge is 2.04. The maximum absolute atomic E-state index is 5.51. The van der Waals surface area contributed by atoms with Gasteiger partial charge in [0.1, 0.15) is 4.99 Å². The van der Waals surface area contributed by atoms with Crippen LogP contribution in [0.25, 0.3) is 0 Å². The molecule has 0 saturated heterocycles. The Bertz CT molecular complexity index is 300. The van der Waals surface area contributed by atoms with Crippen LogP contribution >= 0.6 is 12.2 Å². The summed E-state index contributed by atoms with van der Waals surface area (Å²) < 4.78 is 0. The van der Waals surface area contributed by atoms with Crippen molar-refractivity contribution in [2.75, 3.05) is 11.9 Å². The van der Waals surface area contributed by atoms with Crippen molar-refractivity contribution in [3.63, 3.8) is 0 Å². The van der Waals surface area contributed by atoms with Crippen LogP contribution in [0.1, 0.15) is 18.9 Å². The van der Waals surface area contributed by atoms with Gasteiger partial charge in [-0.1, -0.05) is 19.1 Å². The third-order valence-electron chi connectivity index (χ3n) is 1.53. The highest BCUT2D eigenvalue weighted by Crippen LogP contribution is 2.09. The monoisotopic (exact) mass is 196 g/mol. The second-order valence-electron chi connectivity index (χ2n) is 2.58. The summed E-state index contributed by atoms with van der Waals surface area (Å²) in [7, 11) is 0. The molecule has 0 bridgehead atoms. The number of hydrogen-bond acceptors (Lipinski definition) is 4. The van der Waals surface area contributed by atoms with Gasteiger partial charge in [-0.15, -0.1) is 5.10 Å². The van der Waals surface area contributed by atoms with Crippen molar-refractivity contribution in [2.24, 2.45) is 5.73 Å². The van der Waals surface area contributed by atoms with Crippen molar-refractivity contribution in [3.8, 4) is 0 Å². The maximum atomic E-state index is 5.51. The Labute approximate surface area is 82.5 Å². The van der Waals surface area contributed by atoms with E-state index in [9.17, 15) is 0 Å². The van der Waals surface area contributed by atoms with E-state index >= 15 is 0 Å². The molecule has 1 aromatic rings. The molecule has 0 atom stereocenters. The Hall–Kier alpha value is -1.23. The minimum Gasteiger partial charge on any atom is -0.389 e. The minimum atomic E-state index is 0.341. The average Bonchev–Trinajstić information content (AvgIpc) is 2.15. The van der Waals surface area contributed by atoms with Crippen LogP contribution in [-0.2, 0) is 0 Å². The minimum absolute atomic E-state index is 0.341. The molecule has 0 radical (unpaired) electrons. The summed E-state index contributed by atoms with van der Waals surface area (Å²) >= 11 is 4.87. The van der Waals surface area contributed by atoms with Gasteiger partial charge in [-0.05, 0) is 12.5 Å². The van der Waals surface area contributed by atoms with Gasteiger partial charge < -0.3 is 11.1 Å². The van der Waals surface area contributed by atoms with Crippen LogP contribution < -0.4 is 11.1 Å². The van der Waals surface area contributed by atoms with Gasteiger partial charge >= 0.3 is 0 Å². The zero-order valence-corrected chi connectivity index (χ0v) is 8.27. The van der Waals surface area contributed by atoms with Crippen LogP contribution in [0.2, 0.25) is 0 Å². The Balaban J connectivity index is 2.84. The lowest BCUT2D eigenvalue weighted by atomic mass is 10.3. The predicted molar refractivity (Wildman–Crippen MR) is 56.7 cm³/mol. The molecule has 5 heteroatoms. The van der Waals surface area contributed by atoms with Gasteiger partial charge in [0.05, 0.1) is 11.8 Å². The van der Waals surface area contributed by atoms with E-state index in [0.717, 1.165) is 18.5 Å². The first-order valence-electron chi connectivity index (χ1n) is 4.11. The number of hydrogen-bond donors (Lipinski definition) is 2. The molecule has 0 amide bonds. The van der Waals surface area contributed by atoms with Crippen molar-refractivity contribution >= 4 is 23.0 Å². The van der Waals surface area contributed by atoms with E-state index in [0.29, 0.717) is 10.8 Å². The maximum Gasteiger partial charge on any atom is 0.158 e. The lowest BCUT2D eigenvalue weighted by Gasteiger charge is -2.06. The predicted octanol–water partition coefficient (Wildman–Crippen LogP) is 0.933. The second-order valence-corrected chi connectivity index (χ2v) is 3.02. The van der Waals surface area contributed by atoms with Crippen LogP contribution in [0.15, 0.2) is 12.3 Å². The van der Waals surface area contributed by atoms with E-state index in [1.807, 2.05) is 0 Å². The van der Waals surface area contributed by atoms with Crippen molar-refractivity contribution < 1.29 is 0 Å². The molecule has 0 aliphatic heterocycles. The Morgan fingerprint density at radius 1 is 1.69 bits per heavy atom. The van der Waals surface area contributed by atoms with Gasteiger partial charge in [-0.2, -0.15) is 5.10 Å². The average molecular weight is 196 g/mol. The summed E-state index contributed by atoms with van der Waals surface area (Å²) in [5, 5.41) is 10.8. The number of anilines is 1. The van der Waals surface area contributed by atoms with Crippen LogP contribution in [0.4, 0.5) is 5.82 Å². The Morgan fingerprint density at radius 3 is 3.08 bits per heavy atom. The van der Waals surface area contributed by atoms with Gasteiger partial charge in [0, 0.05) is 6.54 Å². The highest BCUT2D eigenvalue weighted by molar-refractivity contribution is 7.80. The van der Waals surface area contributed by atoms with Crippen LogP contribution in [0.3, 0.4) is 0 Å². The summed E-state index contributed by atoms with van der Waals surface area (Å²) in [6, 6.07) is 1.76. The third kappa shape index (κ3) is 2.62. The van der Waals surface area contributed by atoms with Gasteiger partial charge in [-0.25, -0.2) is 0 Å². The third-order valence-corrected chi connectivity index (χ3v) is 1.75. The molecule has 0 aliphatic carbocycles. The molecule has 0 aromatic carbocycles. The molecule has 0 unspecified atom stereocenters. The van der Waals surface area contributed by atoms with Gasteiger partial charge in [0.2, 0.25) is 0 Å². The van der Waals surface area contributed by atoms with E-state index in [1.165, 1.54) is 0 Å². The molecule has 0 spiro atoms. The SMILES string of the molecule is CCCNc1nnccc1C(N)=S. The van der Waals surface area contributed by atoms with Crippen molar-refractivity contribution in [1.82, 2.24) is 10.2 Å². The summed E-state index contributed by atoms with van der Waals surface area (Å²) in [5.74, 6) is 0.664. The first kappa shape index (κ1) is 9.85. The molecule has 1 aromatic heterocycles.